The molecule has 3 nitrogen and oxygen atoms in total. The minimum atomic E-state index is -0.814. The molecule has 0 spiro atoms. The molecule has 0 N–H and O–H groups in total. The Labute approximate surface area is 94.7 Å². The number of carbonyl (C=O) groups is 2. The standard InChI is InChI=1S/C13H14O3/c1-3-16-13(15)12(14)9-8-11-6-4-10(2)5-7-11/h4-9H,3H2,1-2H3/b9-8+. The molecule has 0 amide bonds. The first kappa shape index (κ1) is 12.2. The fourth-order valence-corrected chi connectivity index (χ4v) is 1.12. The van der Waals surface area contributed by atoms with Crippen molar-refractivity contribution in [2.75, 3.05) is 6.61 Å². The van der Waals surface area contributed by atoms with E-state index < -0.39 is 11.8 Å². The van der Waals surface area contributed by atoms with E-state index in [0.717, 1.165) is 11.1 Å². The van der Waals surface area contributed by atoms with Gasteiger partial charge in [0.25, 0.3) is 5.78 Å². The number of rotatable bonds is 4. The Morgan fingerprint density at radius 3 is 2.44 bits per heavy atom. The smallest absolute Gasteiger partial charge is 0.379 e. The summed E-state index contributed by atoms with van der Waals surface area (Å²) in [5.74, 6) is -1.45. The van der Waals surface area contributed by atoms with Gasteiger partial charge >= 0.3 is 5.97 Å². The van der Waals surface area contributed by atoms with Crippen molar-refractivity contribution in [1.29, 1.82) is 0 Å². The van der Waals surface area contributed by atoms with Gasteiger partial charge in [-0.3, -0.25) is 4.79 Å². The molecule has 0 bridgehead atoms. The van der Waals surface area contributed by atoms with Crippen molar-refractivity contribution < 1.29 is 14.3 Å². The van der Waals surface area contributed by atoms with E-state index in [1.165, 1.54) is 6.08 Å². The number of carbonyl (C=O) groups excluding carboxylic acids is 2. The topological polar surface area (TPSA) is 43.4 Å². The SMILES string of the molecule is CCOC(=O)C(=O)/C=C/c1ccc(C)cc1. The van der Waals surface area contributed by atoms with Crippen LogP contribution in [0.3, 0.4) is 0 Å². The lowest BCUT2D eigenvalue weighted by Crippen LogP contribution is -2.14. The highest BCUT2D eigenvalue weighted by atomic mass is 16.5. The van der Waals surface area contributed by atoms with Gasteiger partial charge in [-0.2, -0.15) is 0 Å². The Hall–Kier alpha value is -1.90. The van der Waals surface area contributed by atoms with Gasteiger partial charge in [-0.15, -0.1) is 0 Å². The predicted molar refractivity (Wildman–Crippen MR) is 61.9 cm³/mol. The van der Waals surface area contributed by atoms with Crippen LogP contribution in [0.15, 0.2) is 30.3 Å². The number of hydrogen-bond acceptors (Lipinski definition) is 3. The van der Waals surface area contributed by atoms with Crippen LogP contribution in [-0.2, 0) is 14.3 Å². The van der Waals surface area contributed by atoms with Gasteiger partial charge in [-0.25, -0.2) is 4.79 Å². The van der Waals surface area contributed by atoms with Crippen molar-refractivity contribution in [1.82, 2.24) is 0 Å². The molecule has 0 aliphatic carbocycles. The maximum atomic E-state index is 11.2. The molecule has 1 rings (SSSR count). The second-order valence-corrected chi connectivity index (χ2v) is 3.33. The zero-order valence-electron chi connectivity index (χ0n) is 9.40. The Morgan fingerprint density at radius 2 is 1.88 bits per heavy atom. The number of ketones is 1. The summed E-state index contributed by atoms with van der Waals surface area (Å²) in [6.45, 7) is 3.86. The molecule has 0 fully saturated rings. The van der Waals surface area contributed by atoms with Gasteiger partial charge in [0.05, 0.1) is 6.61 Å². The summed E-state index contributed by atoms with van der Waals surface area (Å²) >= 11 is 0. The molecular formula is C13H14O3. The van der Waals surface area contributed by atoms with Crippen molar-refractivity contribution >= 4 is 17.8 Å². The number of esters is 1. The average molecular weight is 218 g/mol. The molecule has 0 unspecified atom stereocenters. The van der Waals surface area contributed by atoms with Crippen molar-refractivity contribution in [3.05, 3.63) is 41.5 Å². The fourth-order valence-electron chi connectivity index (χ4n) is 1.12. The molecule has 0 aliphatic heterocycles. The number of ether oxygens (including phenoxy) is 1. The Morgan fingerprint density at radius 1 is 1.25 bits per heavy atom. The van der Waals surface area contributed by atoms with E-state index in [0.29, 0.717) is 0 Å². The maximum absolute atomic E-state index is 11.2. The molecule has 84 valence electrons. The van der Waals surface area contributed by atoms with Crippen molar-refractivity contribution in [2.45, 2.75) is 13.8 Å². The summed E-state index contributed by atoms with van der Waals surface area (Å²) in [5.41, 5.74) is 2.03. The first-order valence-electron chi connectivity index (χ1n) is 5.09. The zero-order valence-corrected chi connectivity index (χ0v) is 9.40. The highest BCUT2D eigenvalue weighted by Crippen LogP contribution is 2.04. The van der Waals surface area contributed by atoms with E-state index in [4.69, 9.17) is 0 Å². The van der Waals surface area contributed by atoms with Crippen LogP contribution >= 0.6 is 0 Å². The van der Waals surface area contributed by atoms with Gasteiger partial charge in [0.1, 0.15) is 0 Å². The molecule has 0 heterocycles. The zero-order chi connectivity index (χ0) is 12.0. The highest BCUT2D eigenvalue weighted by Gasteiger charge is 2.09. The first-order chi connectivity index (χ1) is 7.63. The molecule has 3 heteroatoms. The van der Waals surface area contributed by atoms with Crippen LogP contribution in [0, 0.1) is 6.92 Å². The Kier molecular flexibility index (Phi) is 4.45. The third kappa shape index (κ3) is 3.69. The monoisotopic (exact) mass is 218 g/mol. The quantitative estimate of drug-likeness (QED) is 0.442. The number of benzene rings is 1. The Balaban J connectivity index is 2.63. The molecule has 0 aliphatic rings. The van der Waals surface area contributed by atoms with Gasteiger partial charge in [0, 0.05) is 0 Å². The van der Waals surface area contributed by atoms with Crippen LogP contribution in [-0.4, -0.2) is 18.4 Å². The molecule has 0 saturated heterocycles. The molecule has 0 aromatic heterocycles. The Bertz CT molecular complexity index is 402. The van der Waals surface area contributed by atoms with E-state index >= 15 is 0 Å². The third-order valence-electron chi connectivity index (χ3n) is 1.98. The van der Waals surface area contributed by atoms with E-state index in [-0.39, 0.29) is 6.61 Å². The van der Waals surface area contributed by atoms with Gasteiger partial charge in [-0.05, 0) is 25.5 Å². The highest BCUT2D eigenvalue weighted by molar-refractivity contribution is 6.39. The average Bonchev–Trinajstić information content (AvgIpc) is 2.28. The van der Waals surface area contributed by atoms with Crippen LogP contribution in [0.2, 0.25) is 0 Å². The summed E-state index contributed by atoms with van der Waals surface area (Å²) in [6.07, 6.45) is 2.82. The third-order valence-corrected chi connectivity index (χ3v) is 1.98. The normalized spacial score (nSPS) is 10.4. The molecule has 1 aromatic carbocycles. The first-order valence-corrected chi connectivity index (χ1v) is 5.09. The van der Waals surface area contributed by atoms with Crippen LogP contribution in [0.4, 0.5) is 0 Å². The fraction of sp³-hybridized carbons (Fsp3) is 0.231. The molecule has 1 aromatic rings. The largest absolute Gasteiger partial charge is 0.460 e. The van der Waals surface area contributed by atoms with Gasteiger partial charge < -0.3 is 4.74 Å². The van der Waals surface area contributed by atoms with Gasteiger partial charge in [0.15, 0.2) is 0 Å². The van der Waals surface area contributed by atoms with Crippen LogP contribution in [0.1, 0.15) is 18.1 Å². The van der Waals surface area contributed by atoms with Gasteiger partial charge in [-0.1, -0.05) is 35.9 Å². The van der Waals surface area contributed by atoms with Crippen LogP contribution in [0.25, 0.3) is 6.08 Å². The summed E-state index contributed by atoms with van der Waals surface area (Å²) < 4.78 is 4.57. The summed E-state index contributed by atoms with van der Waals surface area (Å²) in [7, 11) is 0. The van der Waals surface area contributed by atoms with E-state index in [9.17, 15) is 9.59 Å². The molecule has 0 radical (unpaired) electrons. The second kappa shape index (κ2) is 5.85. The van der Waals surface area contributed by atoms with Crippen LogP contribution < -0.4 is 0 Å². The van der Waals surface area contributed by atoms with Crippen molar-refractivity contribution in [3.63, 3.8) is 0 Å². The van der Waals surface area contributed by atoms with E-state index in [2.05, 4.69) is 4.74 Å². The minimum absolute atomic E-state index is 0.211. The van der Waals surface area contributed by atoms with E-state index in [1.54, 1.807) is 13.0 Å². The van der Waals surface area contributed by atoms with Crippen molar-refractivity contribution in [2.24, 2.45) is 0 Å². The molecular weight excluding hydrogens is 204 g/mol. The summed E-state index contributed by atoms with van der Waals surface area (Å²) in [4.78, 5) is 22.2. The molecule has 16 heavy (non-hydrogen) atoms. The van der Waals surface area contributed by atoms with E-state index in [1.807, 2.05) is 31.2 Å². The summed E-state index contributed by atoms with van der Waals surface area (Å²) in [5, 5.41) is 0. The van der Waals surface area contributed by atoms with Gasteiger partial charge in [0.2, 0.25) is 0 Å². The number of aryl methyl sites for hydroxylation is 1. The summed E-state index contributed by atoms with van der Waals surface area (Å²) in [6, 6.07) is 7.64. The lowest BCUT2D eigenvalue weighted by atomic mass is 10.1. The minimum Gasteiger partial charge on any atom is -0.460 e. The van der Waals surface area contributed by atoms with Crippen LogP contribution in [0.5, 0.6) is 0 Å². The second-order valence-electron chi connectivity index (χ2n) is 3.33. The lowest BCUT2D eigenvalue weighted by Gasteiger charge is -1.96. The maximum Gasteiger partial charge on any atom is 0.379 e. The molecule has 0 atom stereocenters. The predicted octanol–water partition coefficient (Wildman–Crippen LogP) is 2.14. The molecule has 0 saturated carbocycles. The lowest BCUT2D eigenvalue weighted by molar-refractivity contribution is -0.151. The number of hydrogen-bond donors (Lipinski definition) is 0. The van der Waals surface area contributed by atoms with Crippen molar-refractivity contribution in [3.8, 4) is 0 Å².